The van der Waals surface area contributed by atoms with Crippen molar-refractivity contribution in [2.24, 2.45) is 11.3 Å². The Balaban J connectivity index is 1.83. The van der Waals surface area contributed by atoms with Gasteiger partial charge in [0, 0.05) is 25.0 Å². The van der Waals surface area contributed by atoms with Crippen molar-refractivity contribution in [2.75, 3.05) is 39.4 Å². The third-order valence-corrected chi connectivity index (χ3v) is 4.14. The van der Waals surface area contributed by atoms with Gasteiger partial charge in [-0.2, -0.15) is 0 Å². The van der Waals surface area contributed by atoms with Gasteiger partial charge in [-0.1, -0.05) is 20.8 Å². The summed E-state index contributed by atoms with van der Waals surface area (Å²) in [5.74, 6) is 0.684. The molecule has 0 bridgehead atoms. The number of ether oxygens (including phenoxy) is 1. The lowest BCUT2D eigenvalue weighted by molar-refractivity contribution is 0.0939. The van der Waals surface area contributed by atoms with E-state index in [1.54, 1.807) is 0 Å². The molecular weight excluding hydrogens is 212 g/mol. The molecule has 0 aromatic heterocycles. The van der Waals surface area contributed by atoms with Crippen LogP contribution in [0.15, 0.2) is 0 Å². The number of likely N-dealkylation sites (tertiary alicyclic amines) is 1. The molecule has 0 saturated carbocycles. The molecule has 2 rings (SSSR count). The van der Waals surface area contributed by atoms with E-state index in [2.05, 4.69) is 31.0 Å². The highest BCUT2D eigenvalue weighted by molar-refractivity contribution is 4.86. The van der Waals surface area contributed by atoms with Gasteiger partial charge in [0.05, 0.1) is 13.2 Å². The maximum absolute atomic E-state index is 5.63. The van der Waals surface area contributed by atoms with Crippen molar-refractivity contribution in [1.82, 2.24) is 10.2 Å². The van der Waals surface area contributed by atoms with Crippen molar-refractivity contribution in [3.8, 4) is 0 Å². The molecule has 2 atom stereocenters. The number of piperidine rings is 1. The van der Waals surface area contributed by atoms with Crippen LogP contribution in [0, 0.1) is 11.3 Å². The van der Waals surface area contributed by atoms with Gasteiger partial charge in [-0.3, -0.25) is 0 Å². The van der Waals surface area contributed by atoms with Gasteiger partial charge in [0.25, 0.3) is 0 Å². The van der Waals surface area contributed by atoms with Crippen LogP contribution in [-0.2, 0) is 4.74 Å². The van der Waals surface area contributed by atoms with Crippen molar-refractivity contribution in [3.63, 3.8) is 0 Å². The molecule has 0 spiro atoms. The normalized spacial score (nSPS) is 34.1. The highest BCUT2D eigenvalue weighted by Gasteiger charge is 2.32. The molecule has 3 nitrogen and oxygen atoms in total. The molecule has 0 radical (unpaired) electrons. The van der Waals surface area contributed by atoms with Crippen LogP contribution in [0.2, 0.25) is 0 Å². The van der Waals surface area contributed by atoms with E-state index in [1.165, 1.54) is 32.5 Å². The first-order chi connectivity index (χ1) is 8.11. The lowest BCUT2D eigenvalue weighted by Gasteiger charge is -2.39. The summed E-state index contributed by atoms with van der Waals surface area (Å²) in [5, 5.41) is 3.55. The van der Waals surface area contributed by atoms with Crippen LogP contribution in [0.1, 0.15) is 33.6 Å². The van der Waals surface area contributed by atoms with Crippen molar-refractivity contribution in [3.05, 3.63) is 0 Å². The van der Waals surface area contributed by atoms with Crippen LogP contribution in [0.25, 0.3) is 0 Å². The Morgan fingerprint density at radius 3 is 2.88 bits per heavy atom. The molecule has 2 aliphatic heterocycles. The quantitative estimate of drug-likeness (QED) is 0.810. The number of likely N-dealkylation sites (N-methyl/N-ethyl adjacent to an activating group) is 1. The first kappa shape index (κ1) is 13.3. The number of rotatable bonds is 4. The molecule has 0 aliphatic carbocycles. The summed E-state index contributed by atoms with van der Waals surface area (Å²) in [7, 11) is 0. The number of hydrogen-bond donors (Lipinski definition) is 1. The van der Waals surface area contributed by atoms with Crippen LogP contribution in [0.3, 0.4) is 0 Å². The van der Waals surface area contributed by atoms with E-state index in [4.69, 9.17) is 4.74 Å². The summed E-state index contributed by atoms with van der Waals surface area (Å²) in [6, 6.07) is 0.574. The summed E-state index contributed by atoms with van der Waals surface area (Å²) in [6.45, 7) is 13.6. The molecular formula is C14H28N2O. The molecule has 1 N–H and O–H groups in total. The minimum absolute atomic E-state index is 0.505. The largest absolute Gasteiger partial charge is 0.379 e. The minimum Gasteiger partial charge on any atom is -0.379 e. The van der Waals surface area contributed by atoms with E-state index < -0.39 is 0 Å². The van der Waals surface area contributed by atoms with Crippen molar-refractivity contribution in [1.29, 1.82) is 0 Å². The second-order valence-corrected chi connectivity index (χ2v) is 6.46. The van der Waals surface area contributed by atoms with Gasteiger partial charge in [0.1, 0.15) is 0 Å². The predicted molar refractivity (Wildman–Crippen MR) is 71.2 cm³/mol. The van der Waals surface area contributed by atoms with Crippen LogP contribution in [-0.4, -0.2) is 50.3 Å². The molecule has 0 aromatic rings. The van der Waals surface area contributed by atoms with Gasteiger partial charge in [-0.15, -0.1) is 0 Å². The lowest BCUT2D eigenvalue weighted by atomic mass is 9.83. The summed E-state index contributed by atoms with van der Waals surface area (Å²) in [4.78, 5) is 2.65. The molecule has 0 aromatic carbocycles. The minimum atomic E-state index is 0.505. The molecule has 0 amide bonds. The van der Waals surface area contributed by atoms with Crippen molar-refractivity contribution in [2.45, 2.75) is 39.7 Å². The Hall–Kier alpha value is -0.120. The van der Waals surface area contributed by atoms with Gasteiger partial charge in [-0.25, -0.2) is 0 Å². The van der Waals surface area contributed by atoms with E-state index in [9.17, 15) is 0 Å². The van der Waals surface area contributed by atoms with E-state index in [-0.39, 0.29) is 0 Å². The lowest BCUT2D eigenvalue weighted by Crippen LogP contribution is -2.46. The summed E-state index contributed by atoms with van der Waals surface area (Å²) >= 11 is 0. The molecule has 2 heterocycles. The Morgan fingerprint density at radius 1 is 1.35 bits per heavy atom. The molecule has 2 saturated heterocycles. The van der Waals surface area contributed by atoms with Crippen LogP contribution >= 0.6 is 0 Å². The van der Waals surface area contributed by atoms with E-state index >= 15 is 0 Å². The fourth-order valence-corrected chi connectivity index (χ4v) is 3.30. The second kappa shape index (κ2) is 5.68. The zero-order valence-corrected chi connectivity index (χ0v) is 11.7. The zero-order chi connectivity index (χ0) is 12.3. The van der Waals surface area contributed by atoms with Gasteiger partial charge >= 0.3 is 0 Å². The van der Waals surface area contributed by atoms with E-state index in [1.807, 2.05) is 0 Å². The molecule has 3 heteroatoms. The highest BCUT2D eigenvalue weighted by atomic mass is 16.5. The fraction of sp³-hybridized carbons (Fsp3) is 1.00. The maximum atomic E-state index is 5.63. The molecule has 100 valence electrons. The fourth-order valence-electron chi connectivity index (χ4n) is 3.30. The maximum Gasteiger partial charge on any atom is 0.0623 e. The predicted octanol–water partition coefficient (Wildman–Crippen LogP) is 1.73. The molecule has 2 aliphatic rings. The van der Waals surface area contributed by atoms with Gasteiger partial charge in [-0.05, 0) is 31.3 Å². The second-order valence-electron chi connectivity index (χ2n) is 6.46. The number of nitrogens with one attached hydrogen (secondary N) is 1. The number of nitrogens with zero attached hydrogens (tertiary/aromatic N) is 1. The Bertz CT molecular complexity index is 242. The first-order valence-corrected chi connectivity index (χ1v) is 7.14. The summed E-state index contributed by atoms with van der Waals surface area (Å²) in [6.07, 6.45) is 2.73. The third-order valence-electron chi connectivity index (χ3n) is 4.14. The van der Waals surface area contributed by atoms with Crippen LogP contribution in [0.5, 0.6) is 0 Å². The Morgan fingerprint density at radius 2 is 2.18 bits per heavy atom. The smallest absolute Gasteiger partial charge is 0.0623 e. The Labute approximate surface area is 106 Å². The SMILES string of the molecule is CCNC1COCC1CN1CCCC(C)(C)C1. The third kappa shape index (κ3) is 3.67. The Kier molecular flexibility index (Phi) is 4.45. The molecule has 17 heavy (non-hydrogen) atoms. The average Bonchev–Trinajstić information content (AvgIpc) is 2.65. The van der Waals surface area contributed by atoms with Gasteiger partial charge in [0.15, 0.2) is 0 Å². The summed E-state index contributed by atoms with van der Waals surface area (Å²) < 4.78 is 5.63. The standard InChI is InChI=1S/C14H28N2O/c1-4-15-13-10-17-9-12(13)8-16-7-5-6-14(2,3)11-16/h12-13,15H,4-11H2,1-3H3. The van der Waals surface area contributed by atoms with Gasteiger partial charge in [0.2, 0.25) is 0 Å². The van der Waals surface area contributed by atoms with Crippen molar-refractivity contribution >= 4 is 0 Å². The highest BCUT2D eigenvalue weighted by Crippen LogP contribution is 2.29. The number of hydrogen-bond acceptors (Lipinski definition) is 3. The zero-order valence-electron chi connectivity index (χ0n) is 11.7. The summed E-state index contributed by atoms with van der Waals surface area (Å²) in [5.41, 5.74) is 0.505. The molecule has 2 fully saturated rings. The average molecular weight is 240 g/mol. The van der Waals surface area contributed by atoms with Crippen LogP contribution in [0.4, 0.5) is 0 Å². The monoisotopic (exact) mass is 240 g/mol. The topological polar surface area (TPSA) is 24.5 Å². The van der Waals surface area contributed by atoms with E-state index in [0.717, 1.165) is 19.8 Å². The molecule has 2 unspecified atom stereocenters. The first-order valence-electron chi connectivity index (χ1n) is 7.14. The van der Waals surface area contributed by atoms with Crippen LogP contribution < -0.4 is 5.32 Å². The van der Waals surface area contributed by atoms with Gasteiger partial charge < -0.3 is 15.0 Å². The van der Waals surface area contributed by atoms with E-state index in [0.29, 0.717) is 17.4 Å². The van der Waals surface area contributed by atoms with Crippen molar-refractivity contribution < 1.29 is 4.74 Å².